The standard InChI is InChI=1S/C17H16O2/c18-14-9-12-7-4-8-17(12)10-13(15(14)16(17)19)11-5-2-1-3-6-11/h1-3,5-6,10,12,15H,4,7-9H2/t12-,15-,17+/m1/s1. The Bertz CT molecular complexity index is 599. The van der Waals surface area contributed by atoms with Crippen molar-refractivity contribution in [1.29, 1.82) is 0 Å². The second-order valence-corrected chi connectivity index (χ2v) is 6.06. The summed E-state index contributed by atoms with van der Waals surface area (Å²) in [6.07, 6.45) is 5.80. The molecule has 2 bridgehead atoms. The predicted molar refractivity (Wildman–Crippen MR) is 72.3 cm³/mol. The van der Waals surface area contributed by atoms with Gasteiger partial charge in [0.15, 0.2) is 5.78 Å². The molecule has 0 saturated heterocycles. The van der Waals surface area contributed by atoms with Crippen LogP contribution >= 0.6 is 0 Å². The number of carbonyl (C=O) groups excluding carboxylic acids is 2. The van der Waals surface area contributed by atoms with Crippen molar-refractivity contribution in [3.05, 3.63) is 42.0 Å². The number of Topliss-reactive ketones (excluding diaryl/α,β-unsaturated/α-hetero) is 2. The average Bonchev–Trinajstić information content (AvgIpc) is 2.92. The van der Waals surface area contributed by atoms with E-state index in [-0.39, 0.29) is 22.9 Å². The highest BCUT2D eigenvalue weighted by Gasteiger charge is 2.60. The quantitative estimate of drug-likeness (QED) is 0.720. The molecule has 0 unspecified atom stereocenters. The van der Waals surface area contributed by atoms with Gasteiger partial charge in [0, 0.05) is 6.42 Å². The zero-order valence-corrected chi connectivity index (χ0v) is 10.8. The molecule has 0 aliphatic heterocycles. The Hall–Kier alpha value is -1.70. The SMILES string of the molecule is O=C1C[C@H]2CCC[C@]23C=C(c2ccccc2)[C@H]1C3=O. The van der Waals surface area contributed by atoms with Gasteiger partial charge >= 0.3 is 0 Å². The number of hydrogen-bond donors (Lipinski definition) is 0. The van der Waals surface area contributed by atoms with Gasteiger partial charge in [-0.15, -0.1) is 0 Å². The molecule has 2 heteroatoms. The molecule has 1 aromatic rings. The minimum atomic E-state index is -0.475. The molecular weight excluding hydrogens is 236 g/mol. The van der Waals surface area contributed by atoms with Crippen molar-refractivity contribution in [3.63, 3.8) is 0 Å². The first-order valence-corrected chi connectivity index (χ1v) is 7.07. The third kappa shape index (κ3) is 1.32. The summed E-state index contributed by atoms with van der Waals surface area (Å²) < 4.78 is 0. The molecule has 1 spiro atoms. The van der Waals surface area contributed by atoms with Gasteiger partial charge in [-0.25, -0.2) is 0 Å². The summed E-state index contributed by atoms with van der Waals surface area (Å²) in [6, 6.07) is 9.92. The van der Waals surface area contributed by atoms with Crippen LogP contribution in [0.25, 0.3) is 5.57 Å². The third-order valence-electron chi connectivity index (χ3n) is 5.19. The molecule has 2 fully saturated rings. The van der Waals surface area contributed by atoms with E-state index in [1.54, 1.807) is 0 Å². The normalized spacial score (nSPS) is 36.3. The Kier molecular flexibility index (Phi) is 2.15. The number of benzene rings is 1. The lowest BCUT2D eigenvalue weighted by Crippen LogP contribution is -2.42. The second kappa shape index (κ2) is 3.66. The van der Waals surface area contributed by atoms with Crippen molar-refractivity contribution in [2.24, 2.45) is 17.3 Å². The van der Waals surface area contributed by atoms with Crippen molar-refractivity contribution < 1.29 is 9.59 Å². The highest BCUT2D eigenvalue weighted by atomic mass is 16.2. The summed E-state index contributed by atoms with van der Waals surface area (Å²) >= 11 is 0. The molecule has 0 N–H and O–H groups in total. The van der Waals surface area contributed by atoms with Gasteiger partial charge < -0.3 is 0 Å². The van der Waals surface area contributed by atoms with Crippen molar-refractivity contribution in [2.75, 3.05) is 0 Å². The van der Waals surface area contributed by atoms with Crippen LogP contribution in [-0.4, -0.2) is 11.6 Å². The lowest BCUT2D eigenvalue weighted by molar-refractivity contribution is -0.140. The zero-order chi connectivity index (χ0) is 13.0. The van der Waals surface area contributed by atoms with Gasteiger partial charge in [0.05, 0.1) is 5.41 Å². The maximum Gasteiger partial charge on any atom is 0.157 e. The smallest absolute Gasteiger partial charge is 0.157 e. The van der Waals surface area contributed by atoms with Crippen LogP contribution in [0.15, 0.2) is 36.4 Å². The molecule has 0 aromatic heterocycles. The van der Waals surface area contributed by atoms with E-state index in [9.17, 15) is 9.59 Å². The lowest BCUT2D eigenvalue weighted by atomic mass is 9.67. The largest absolute Gasteiger partial charge is 0.299 e. The highest BCUT2D eigenvalue weighted by Crippen LogP contribution is 2.58. The summed E-state index contributed by atoms with van der Waals surface area (Å²) in [5, 5.41) is 0. The fraction of sp³-hybridized carbons (Fsp3) is 0.412. The molecule has 0 radical (unpaired) electrons. The summed E-state index contributed by atoms with van der Waals surface area (Å²) in [6.45, 7) is 0. The van der Waals surface area contributed by atoms with Crippen LogP contribution in [0.3, 0.4) is 0 Å². The molecule has 1 aromatic carbocycles. The zero-order valence-electron chi connectivity index (χ0n) is 10.8. The maximum absolute atomic E-state index is 12.7. The lowest BCUT2D eigenvalue weighted by Gasteiger charge is -2.33. The van der Waals surface area contributed by atoms with Crippen LogP contribution < -0.4 is 0 Å². The van der Waals surface area contributed by atoms with E-state index >= 15 is 0 Å². The van der Waals surface area contributed by atoms with Crippen LogP contribution in [0, 0.1) is 17.3 Å². The molecule has 3 aliphatic carbocycles. The van der Waals surface area contributed by atoms with Gasteiger partial charge in [-0.05, 0) is 29.9 Å². The van der Waals surface area contributed by atoms with Crippen LogP contribution in [-0.2, 0) is 9.59 Å². The van der Waals surface area contributed by atoms with Crippen LogP contribution in [0.1, 0.15) is 31.2 Å². The summed E-state index contributed by atoms with van der Waals surface area (Å²) in [7, 11) is 0. The van der Waals surface area contributed by atoms with Crippen LogP contribution in [0.2, 0.25) is 0 Å². The minimum Gasteiger partial charge on any atom is -0.299 e. The van der Waals surface area contributed by atoms with Crippen LogP contribution in [0.4, 0.5) is 0 Å². The fourth-order valence-corrected chi connectivity index (χ4v) is 4.30. The molecule has 2 saturated carbocycles. The first kappa shape index (κ1) is 11.2. The average molecular weight is 252 g/mol. The summed E-state index contributed by atoms with van der Waals surface area (Å²) in [5.74, 6) is 0.118. The molecule has 3 atom stereocenters. The molecule has 2 nitrogen and oxygen atoms in total. The third-order valence-corrected chi connectivity index (χ3v) is 5.19. The van der Waals surface area contributed by atoms with E-state index in [0.29, 0.717) is 6.42 Å². The topological polar surface area (TPSA) is 34.1 Å². The van der Waals surface area contributed by atoms with Gasteiger partial charge in [0.1, 0.15) is 11.7 Å². The Morgan fingerprint density at radius 2 is 1.89 bits per heavy atom. The minimum absolute atomic E-state index is 0.139. The maximum atomic E-state index is 12.7. The summed E-state index contributed by atoms with van der Waals surface area (Å²) in [4.78, 5) is 25.0. The van der Waals surface area contributed by atoms with E-state index in [2.05, 4.69) is 6.08 Å². The highest BCUT2D eigenvalue weighted by molar-refractivity contribution is 6.20. The van der Waals surface area contributed by atoms with E-state index in [1.807, 2.05) is 30.3 Å². The Morgan fingerprint density at radius 1 is 1.11 bits per heavy atom. The fourth-order valence-electron chi connectivity index (χ4n) is 4.30. The first-order valence-electron chi connectivity index (χ1n) is 7.07. The van der Waals surface area contributed by atoms with Gasteiger partial charge in [0.25, 0.3) is 0 Å². The molecule has 4 rings (SSSR count). The number of hydrogen-bond acceptors (Lipinski definition) is 2. The van der Waals surface area contributed by atoms with Crippen molar-refractivity contribution >= 4 is 17.1 Å². The van der Waals surface area contributed by atoms with E-state index in [1.165, 1.54) is 0 Å². The Balaban J connectivity index is 1.89. The second-order valence-electron chi connectivity index (χ2n) is 6.06. The van der Waals surface area contributed by atoms with Crippen LogP contribution in [0.5, 0.6) is 0 Å². The molecular formula is C17H16O2. The molecule has 3 aliphatic rings. The number of carbonyl (C=O) groups is 2. The van der Waals surface area contributed by atoms with Crippen molar-refractivity contribution in [2.45, 2.75) is 25.7 Å². The molecule has 96 valence electrons. The number of ketones is 2. The van der Waals surface area contributed by atoms with Crippen molar-refractivity contribution in [3.8, 4) is 0 Å². The van der Waals surface area contributed by atoms with Gasteiger partial charge in [-0.2, -0.15) is 0 Å². The molecule has 19 heavy (non-hydrogen) atoms. The van der Waals surface area contributed by atoms with Crippen molar-refractivity contribution in [1.82, 2.24) is 0 Å². The number of fused-ring (bicyclic) bond motifs is 1. The molecule has 0 amide bonds. The van der Waals surface area contributed by atoms with Gasteiger partial charge in [-0.1, -0.05) is 42.8 Å². The Morgan fingerprint density at radius 3 is 2.68 bits per heavy atom. The van der Waals surface area contributed by atoms with E-state index < -0.39 is 5.92 Å². The van der Waals surface area contributed by atoms with Gasteiger partial charge in [0.2, 0.25) is 0 Å². The molecule has 0 heterocycles. The Labute approximate surface area is 112 Å². The number of rotatable bonds is 1. The summed E-state index contributed by atoms with van der Waals surface area (Å²) in [5.41, 5.74) is 1.71. The monoisotopic (exact) mass is 252 g/mol. The predicted octanol–water partition coefficient (Wildman–Crippen LogP) is 3.03. The van der Waals surface area contributed by atoms with E-state index in [0.717, 1.165) is 30.4 Å². The van der Waals surface area contributed by atoms with Gasteiger partial charge in [-0.3, -0.25) is 9.59 Å². The van der Waals surface area contributed by atoms with E-state index in [4.69, 9.17) is 0 Å². The first-order chi connectivity index (χ1) is 9.22. The number of allylic oxidation sites excluding steroid dienone is 2.